The smallest absolute Gasteiger partial charge is 0.251 e. The second-order valence-corrected chi connectivity index (χ2v) is 7.44. The minimum atomic E-state index is -0.577. The molecule has 0 aromatic heterocycles. The van der Waals surface area contributed by atoms with E-state index in [9.17, 15) is 14.0 Å². The van der Waals surface area contributed by atoms with Crippen molar-refractivity contribution in [3.63, 3.8) is 0 Å². The first kappa shape index (κ1) is 18.4. The Kier molecular flexibility index (Phi) is 4.76. The molecule has 0 radical (unpaired) electrons. The molecule has 0 bridgehead atoms. The molecular weight excluding hydrogens is 357 g/mol. The summed E-state index contributed by atoms with van der Waals surface area (Å²) in [6.07, 6.45) is 0.530. The van der Waals surface area contributed by atoms with Gasteiger partial charge < -0.3 is 10.1 Å². The van der Waals surface area contributed by atoms with Gasteiger partial charge in [0.25, 0.3) is 5.91 Å². The number of hydrogen-bond donors (Lipinski definition) is 1. The van der Waals surface area contributed by atoms with Crippen LogP contribution in [0.2, 0.25) is 5.02 Å². The molecule has 1 aliphatic rings. The van der Waals surface area contributed by atoms with Gasteiger partial charge in [-0.3, -0.25) is 9.59 Å². The normalized spacial score (nSPS) is 17.8. The molecule has 3 rings (SSSR count). The van der Waals surface area contributed by atoms with Crippen molar-refractivity contribution in [2.75, 3.05) is 0 Å². The predicted molar refractivity (Wildman–Crippen MR) is 97.4 cm³/mol. The summed E-state index contributed by atoms with van der Waals surface area (Å²) < 4.78 is 19.3. The molecule has 0 spiro atoms. The number of carbonyl (C=O) groups excluding carboxylic acids is 2. The van der Waals surface area contributed by atoms with Gasteiger partial charge >= 0.3 is 0 Å². The zero-order valence-electron chi connectivity index (χ0n) is 14.7. The monoisotopic (exact) mass is 375 g/mol. The van der Waals surface area contributed by atoms with Gasteiger partial charge in [0.05, 0.1) is 11.1 Å². The summed E-state index contributed by atoms with van der Waals surface area (Å²) >= 11 is 5.77. The van der Waals surface area contributed by atoms with Gasteiger partial charge in [-0.25, -0.2) is 4.39 Å². The zero-order chi connectivity index (χ0) is 19.1. The third-order valence-electron chi connectivity index (χ3n) is 4.36. The Morgan fingerprint density at radius 1 is 1.19 bits per heavy atom. The maximum absolute atomic E-state index is 13.3. The molecule has 0 saturated carbocycles. The molecule has 0 fully saturated rings. The molecule has 0 saturated heterocycles. The number of amides is 1. The second-order valence-electron chi connectivity index (χ2n) is 7.03. The van der Waals surface area contributed by atoms with Gasteiger partial charge in [-0.1, -0.05) is 11.6 Å². The van der Waals surface area contributed by atoms with Crippen LogP contribution in [-0.4, -0.2) is 17.3 Å². The molecule has 2 aromatic carbocycles. The van der Waals surface area contributed by atoms with E-state index in [1.165, 1.54) is 19.1 Å². The van der Waals surface area contributed by atoms with Crippen LogP contribution >= 0.6 is 11.6 Å². The first-order valence-corrected chi connectivity index (χ1v) is 8.64. The van der Waals surface area contributed by atoms with E-state index in [4.69, 9.17) is 16.3 Å². The van der Waals surface area contributed by atoms with Crippen molar-refractivity contribution in [1.82, 2.24) is 5.32 Å². The Morgan fingerprint density at radius 3 is 2.54 bits per heavy atom. The van der Waals surface area contributed by atoms with Crippen LogP contribution in [-0.2, 0) is 0 Å². The molecule has 136 valence electrons. The van der Waals surface area contributed by atoms with Gasteiger partial charge in [0.2, 0.25) is 0 Å². The number of hydrogen-bond acceptors (Lipinski definition) is 3. The van der Waals surface area contributed by atoms with E-state index in [1.807, 2.05) is 13.8 Å². The van der Waals surface area contributed by atoms with E-state index >= 15 is 0 Å². The number of ether oxygens (including phenoxy) is 1. The van der Waals surface area contributed by atoms with Crippen LogP contribution in [0.4, 0.5) is 4.39 Å². The maximum Gasteiger partial charge on any atom is 0.251 e. The highest BCUT2D eigenvalue weighted by Crippen LogP contribution is 2.40. The Hall–Kier alpha value is -2.40. The van der Waals surface area contributed by atoms with Crippen molar-refractivity contribution >= 4 is 23.3 Å². The van der Waals surface area contributed by atoms with Gasteiger partial charge in [0, 0.05) is 23.1 Å². The van der Waals surface area contributed by atoms with Crippen LogP contribution in [0.3, 0.4) is 0 Å². The van der Waals surface area contributed by atoms with Crippen molar-refractivity contribution in [3.8, 4) is 5.75 Å². The van der Waals surface area contributed by atoms with Crippen LogP contribution in [0.1, 0.15) is 59.5 Å². The second kappa shape index (κ2) is 6.72. The molecule has 26 heavy (non-hydrogen) atoms. The van der Waals surface area contributed by atoms with Gasteiger partial charge in [0.15, 0.2) is 5.78 Å². The van der Waals surface area contributed by atoms with E-state index in [-0.39, 0.29) is 28.3 Å². The summed E-state index contributed by atoms with van der Waals surface area (Å²) in [6, 6.07) is 8.70. The lowest BCUT2D eigenvalue weighted by Crippen LogP contribution is -2.41. The number of rotatable bonds is 3. The highest BCUT2D eigenvalue weighted by Gasteiger charge is 2.35. The number of halogens is 2. The molecule has 4 nitrogen and oxygen atoms in total. The fraction of sp³-hybridized carbons (Fsp3) is 0.300. The van der Waals surface area contributed by atoms with Crippen LogP contribution in [0.5, 0.6) is 5.75 Å². The summed E-state index contributed by atoms with van der Waals surface area (Å²) in [4.78, 5) is 24.3. The molecule has 0 aliphatic carbocycles. The van der Waals surface area contributed by atoms with E-state index in [0.717, 1.165) is 11.6 Å². The van der Waals surface area contributed by atoms with Crippen molar-refractivity contribution in [1.29, 1.82) is 0 Å². The number of benzene rings is 2. The lowest BCUT2D eigenvalue weighted by Gasteiger charge is -2.38. The van der Waals surface area contributed by atoms with E-state index in [1.54, 1.807) is 18.2 Å². The SMILES string of the molecule is CC(=O)c1ccc2c(c1)C(NC(=O)c1ccc(F)c(Cl)c1)CC(C)(C)O2. The largest absolute Gasteiger partial charge is 0.487 e. The van der Waals surface area contributed by atoms with Crippen molar-refractivity contribution in [2.45, 2.75) is 38.8 Å². The van der Waals surface area contributed by atoms with E-state index in [2.05, 4.69) is 5.32 Å². The third-order valence-corrected chi connectivity index (χ3v) is 4.65. The highest BCUT2D eigenvalue weighted by atomic mass is 35.5. The quantitative estimate of drug-likeness (QED) is 0.790. The molecular formula is C20H19ClFNO3. The lowest BCUT2D eigenvalue weighted by molar-refractivity contribution is 0.0619. The molecule has 1 unspecified atom stereocenters. The molecule has 1 amide bonds. The Morgan fingerprint density at radius 2 is 1.88 bits per heavy atom. The standard InChI is InChI=1S/C20H19ClFNO3/c1-11(24)12-5-7-18-14(8-12)17(10-20(2,3)26-18)23-19(25)13-4-6-16(22)15(21)9-13/h4-9,17H,10H2,1-3H3,(H,23,25). The minimum absolute atomic E-state index is 0.0620. The topological polar surface area (TPSA) is 55.4 Å². The van der Waals surface area contributed by atoms with Crippen LogP contribution in [0, 0.1) is 5.82 Å². The molecule has 1 N–H and O–H groups in total. The van der Waals surface area contributed by atoms with Gasteiger partial charge in [-0.2, -0.15) is 0 Å². The first-order valence-electron chi connectivity index (χ1n) is 8.26. The minimum Gasteiger partial charge on any atom is -0.487 e. The number of carbonyl (C=O) groups is 2. The summed E-state index contributed by atoms with van der Waals surface area (Å²) in [5, 5.41) is 2.84. The van der Waals surface area contributed by atoms with Crippen molar-refractivity contribution < 1.29 is 18.7 Å². The predicted octanol–water partition coefficient (Wildman–Crippen LogP) is 4.71. The number of fused-ring (bicyclic) bond motifs is 1. The van der Waals surface area contributed by atoms with Gasteiger partial charge in [0.1, 0.15) is 17.2 Å². The Balaban J connectivity index is 1.93. The van der Waals surface area contributed by atoms with E-state index < -0.39 is 11.4 Å². The number of ketones is 1. The molecule has 6 heteroatoms. The van der Waals surface area contributed by atoms with Crippen LogP contribution in [0.15, 0.2) is 36.4 Å². The summed E-state index contributed by atoms with van der Waals surface area (Å²) in [5.74, 6) is -0.373. The highest BCUT2D eigenvalue weighted by molar-refractivity contribution is 6.31. The van der Waals surface area contributed by atoms with Crippen LogP contribution < -0.4 is 10.1 Å². The Labute approximate surface area is 156 Å². The third kappa shape index (κ3) is 3.73. The van der Waals surface area contributed by atoms with E-state index in [0.29, 0.717) is 17.7 Å². The molecule has 1 aliphatic heterocycles. The maximum atomic E-state index is 13.3. The van der Waals surface area contributed by atoms with Crippen molar-refractivity contribution in [2.24, 2.45) is 0 Å². The average Bonchev–Trinajstić information content (AvgIpc) is 2.55. The average molecular weight is 376 g/mol. The lowest BCUT2D eigenvalue weighted by atomic mass is 9.88. The Bertz CT molecular complexity index is 895. The van der Waals surface area contributed by atoms with Gasteiger partial charge in [-0.05, 0) is 57.2 Å². The fourth-order valence-corrected chi connectivity index (χ4v) is 3.26. The molecule has 1 atom stereocenters. The van der Waals surface area contributed by atoms with Crippen molar-refractivity contribution in [3.05, 3.63) is 63.9 Å². The molecule has 2 aromatic rings. The number of nitrogens with one attached hydrogen (secondary N) is 1. The fourth-order valence-electron chi connectivity index (χ4n) is 3.08. The number of Topliss-reactive ketones (excluding diaryl/α,β-unsaturated/α-hetero) is 1. The van der Waals surface area contributed by atoms with Gasteiger partial charge in [-0.15, -0.1) is 0 Å². The van der Waals surface area contributed by atoms with Crippen LogP contribution in [0.25, 0.3) is 0 Å². The summed E-state index contributed by atoms with van der Waals surface area (Å²) in [5.41, 5.74) is 1.09. The summed E-state index contributed by atoms with van der Waals surface area (Å²) in [6.45, 7) is 5.36. The molecule has 1 heterocycles. The zero-order valence-corrected chi connectivity index (χ0v) is 15.5. The summed E-state index contributed by atoms with van der Waals surface area (Å²) in [7, 11) is 0. The first-order chi connectivity index (χ1) is 12.2.